The minimum atomic E-state index is 0.678. The molecule has 0 N–H and O–H groups in total. The van der Waals surface area contributed by atoms with E-state index >= 15 is 0 Å². The Kier molecular flexibility index (Phi) is 2.76. The summed E-state index contributed by atoms with van der Waals surface area (Å²) < 4.78 is 1.97. The summed E-state index contributed by atoms with van der Waals surface area (Å²) in [5.74, 6) is 0.927. The highest BCUT2D eigenvalue weighted by Gasteiger charge is 2.07. The molecule has 2 aromatic heterocycles. The Hall–Kier alpha value is -1.87. The van der Waals surface area contributed by atoms with E-state index in [9.17, 15) is 0 Å². The highest BCUT2D eigenvalue weighted by Crippen LogP contribution is 2.15. The molecule has 0 amide bonds. The average Bonchev–Trinajstić information content (AvgIpc) is 2.74. The van der Waals surface area contributed by atoms with Crippen molar-refractivity contribution < 1.29 is 0 Å². The lowest BCUT2D eigenvalue weighted by Gasteiger charge is -2.04. The van der Waals surface area contributed by atoms with Crippen LogP contribution in [0.5, 0.6) is 0 Å². The predicted octanol–water partition coefficient (Wildman–Crippen LogP) is 3.28. The summed E-state index contributed by atoms with van der Waals surface area (Å²) >= 11 is 5.93. The fourth-order valence-electron chi connectivity index (χ4n) is 2.01. The molecule has 0 radical (unpaired) electrons. The molecule has 0 aliphatic rings. The lowest BCUT2D eigenvalue weighted by molar-refractivity contribution is 0.929. The van der Waals surface area contributed by atoms with Crippen LogP contribution < -0.4 is 0 Å². The van der Waals surface area contributed by atoms with Crippen molar-refractivity contribution in [3.8, 4) is 0 Å². The maximum atomic E-state index is 5.93. The summed E-state index contributed by atoms with van der Waals surface area (Å²) in [6.07, 6.45) is 2.68. The van der Waals surface area contributed by atoms with Crippen LogP contribution in [-0.4, -0.2) is 14.6 Å². The quantitative estimate of drug-likeness (QED) is 0.705. The van der Waals surface area contributed by atoms with Gasteiger partial charge in [-0.05, 0) is 24.1 Å². The Labute approximate surface area is 110 Å². The Bertz CT molecular complexity index is 703. The number of benzene rings is 1. The van der Waals surface area contributed by atoms with Gasteiger partial charge in [0.2, 0.25) is 0 Å². The van der Waals surface area contributed by atoms with Gasteiger partial charge in [0.1, 0.15) is 5.82 Å². The van der Waals surface area contributed by atoms with Gasteiger partial charge in [0.05, 0.1) is 0 Å². The smallest absolute Gasteiger partial charge is 0.162 e. The van der Waals surface area contributed by atoms with Gasteiger partial charge in [-0.3, -0.25) is 4.40 Å². The molecule has 0 saturated heterocycles. The van der Waals surface area contributed by atoms with Crippen LogP contribution in [0.1, 0.15) is 17.0 Å². The highest BCUT2D eigenvalue weighted by molar-refractivity contribution is 6.30. The van der Waals surface area contributed by atoms with Gasteiger partial charge in [0, 0.05) is 23.7 Å². The molecule has 0 fully saturated rings. The van der Waals surface area contributed by atoms with Crippen molar-refractivity contribution in [3.05, 3.63) is 64.6 Å². The van der Waals surface area contributed by atoms with Gasteiger partial charge in [-0.2, -0.15) is 0 Å². The first-order valence-corrected chi connectivity index (χ1v) is 6.15. The SMILES string of the molecule is Cc1ccccc1Cc1nnc2cc(Cl)ccn12. The third kappa shape index (κ3) is 1.97. The Morgan fingerprint density at radius 3 is 2.83 bits per heavy atom. The number of halogens is 1. The summed E-state index contributed by atoms with van der Waals surface area (Å²) in [7, 11) is 0. The Balaban J connectivity index is 2.03. The van der Waals surface area contributed by atoms with Crippen LogP contribution >= 0.6 is 11.6 Å². The number of aromatic nitrogens is 3. The molecule has 1 aromatic carbocycles. The zero-order chi connectivity index (χ0) is 12.5. The number of aryl methyl sites for hydroxylation is 1. The molecule has 90 valence electrons. The van der Waals surface area contributed by atoms with Crippen LogP contribution in [-0.2, 0) is 6.42 Å². The van der Waals surface area contributed by atoms with Crippen LogP contribution in [0.3, 0.4) is 0 Å². The number of fused-ring (bicyclic) bond motifs is 1. The summed E-state index contributed by atoms with van der Waals surface area (Å²) in [6.45, 7) is 2.11. The first-order valence-electron chi connectivity index (χ1n) is 5.78. The van der Waals surface area contributed by atoms with Crippen molar-refractivity contribution in [1.29, 1.82) is 0 Å². The average molecular weight is 258 g/mol. The molecular formula is C14H12ClN3. The van der Waals surface area contributed by atoms with Crippen molar-refractivity contribution in [2.75, 3.05) is 0 Å². The standard InChI is InChI=1S/C14H12ClN3/c1-10-4-2-3-5-11(10)8-13-16-17-14-9-12(15)6-7-18(13)14/h2-7,9H,8H2,1H3. The van der Waals surface area contributed by atoms with Gasteiger partial charge in [0.15, 0.2) is 5.65 Å². The molecule has 4 heteroatoms. The monoisotopic (exact) mass is 257 g/mol. The predicted molar refractivity (Wildman–Crippen MR) is 72.0 cm³/mol. The number of hydrogen-bond donors (Lipinski definition) is 0. The van der Waals surface area contributed by atoms with Crippen LogP contribution in [0.15, 0.2) is 42.6 Å². The first-order chi connectivity index (χ1) is 8.74. The van der Waals surface area contributed by atoms with Crippen molar-refractivity contribution >= 4 is 17.2 Å². The Morgan fingerprint density at radius 1 is 1.17 bits per heavy atom. The topological polar surface area (TPSA) is 30.2 Å². The maximum Gasteiger partial charge on any atom is 0.162 e. The normalized spacial score (nSPS) is 11.0. The molecule has 0 unspecified atom stereocenters. The van der Waals surface area contributed by atoms with Crippen LogP contribution in [0.2, 0.25) is 5.02 Å². The van der Waals surface area contributed by atoms with E-state index in [0.29, 0.717) is 5.02 Å². The van der Waals surface area contributed by atoms with Gasteiger partial charge < -0.3 is 0 Å². The fourth-order valence-corrected chi connectivity index (χ4v) is 2.17. The third-order valence-electron chi connectivity index (χ3n) is 3.05. The number of pyridine rings is 1. The van der Waals surface area contributed by atoms with Crippen LogP contribution in [0, 0.1) is 6.92 Å². The van der Waals surface area contributed by atoms with Crippen molar-refractivity contribution in [2.24, 2.45) is 0 Å². The van der Waals surface area contributed by atoms with Crippen molar-refractivity contribution in [1.82, 2.24) is 14.6 Å². The van der Waals surface area contributed by atoms with Gasteiger partial charge in [0.25, 0.3) is 0 Å². The van der Waals surface area contributed by atoms with Crippen molar-refractivity contribution in [3.63, 3.8) is 0 Å². The molecule has 18 heavy (non-hydrogen) atoms. The second-order valence-electron chi connectivity index (χ2n) is 4.29. The lowest BCUT2D eigenvalue weighted by Crippen LogP contribution is -1.97. The molecule has 0 saturated carbocycles. The van der Waals surface area contributed by atoms with Crippen LogP contribution in [0.4, 0.5) is 0 Å². The van der Waals surface area contributed by atoms with Gasteiger partial charge in [-0.25, -0.2) is 0 Å². The molecular weight excluding hydrogens is 246 g/mol. The minimum Gasteiger partial charge on any atom is -0.286 e. The van der Waals surface area contributed by atoms with Crippen molar-refractivity contribution in [2.45, 2.75) is 13.3 Å². The van der Waals surface area contributed by atoms with E-state index in [1.807, 2.05) is 34.9 Å². The first kappa shape index (κ1) is 11.2. The van der Waals surface area contributed by atoms with E-state index in [2.05, 4.69) is 29.3 Å². The largest absolute Gasteiger partial charge is 0.286 e. The minimum absolute atomic E-state index is 0.678. The molecule has 3 rings (SSSR count). The zero-order valence-corrected chi connectivity index (χ0v) is 10.7. The molecule has 0 atom stereocenters. The molecule has 0 bridgehead atoms. The molecule has 3 nitrogen and oxygen atoms in total. The lowest BCUT2D eigenvalue weighted by atomic mass is 10.1. The maximum absolute atomic E-state index is 5.93. The second-order valence-corrected chi connectivity index (χ2v) is 4.73. The van der Waals surface area contributed by atoms with Crippen LogP contribution in [0.25, 0.3) is 5.65 Å². The zero-order valence-electron chi connectivity index (χ0n) is 9.97. The second kappa shape index (κ2) is 4.42. The Morgan fingerprint density at radius 2 is 2.00 bits per heavy atom. The summed E-state index contributed by atoms with van der Waals surface area (Å²) in [4.78, 5) is 0. The number of rotatable bonds is 2. The number of nitrogens with zero attached hydrogens (tertiary/aromatic N) is 3. The van der Waals surface area contributed by atoms with Gasteiger partial charge in [-0.15, -0.1) is 10.2 Å². The van der Waals surface area contributed by atoms with E-state index in [1.165, 1.54) is 11.1 Å². The van der Waals surface area contributed by atoms with E-state index in [0.717, 1.165) is 17.9 Å². The van der Waals surface area contributed by atoms with E-state index < -0.39 is 0 Å². The van der Waals surface area contributed by atoms with E-state index in [4.69, 9.17) is 11.6 Å². The molecule has 3 aromatic rings. The molecule has 0 aliphatic carbocycles. The van der Waals surface area contributed by atoms with E-state index in [-0.39, 0.29) is 0 Å². The fraction of sp³-hybridized carbons (Fsp3) is 0.143. The summed E-state index contributed by atoms with van der Waals surface area (Å²) in [6, 6.07) is 12.0. The van der Waals surface area contributed by atoms with Gasteiger partial charge >= 0.3 is 0 Å². The molecule has 2 heterocycles. The third-order valence-corrected chi connectivity index (χ3v) is 3.29. The molecule has 0 spiro atoms. The van der Waals surface area contributed by atoms with E-state index in [1.54, 1.807) is 0 Å². The number of hydrogen-bond acceptors (Lipinski definition) is 2. The molecule has 0 aliphatic heterocycles. The summed E-state index contributed by atoms with van der Waals surface area (Å²) in [5, 5.41) is 9.04. The highest BCUT2D eigenvalue weighted by atomic mass is 35.5. The summed E-state index contributed by atoms with van der Waals surface area (Å²) in [5.41, 5.74) is 3.32. The van der Waals surface area contributed by atoms with Gasteiger partial charge in [-0.1, -0.05) is 35.9 Å².